The summed E-state index contributed by atoms with van der Waals surface area (Å²) in [6.45, 7) is 4.93. The van der Waals surface area contributed by atoms with E-state index in [9.17, 15) is 18.8 Å². The average Bonchev–Trinajstić information content (AvgIpc) is 3.11. The van der Waals surface area contributed by atoms with Crippen molar-refractivity contribution in [2.24, 2.45) is 0 Å². The number of ether oxygens (including phenoxy) is 2. The number of carbonyl (C=O) groups excluding carboxylic acids is 3. The van der Waals surface area contributed by atoms with Crippen molar-refractivity contribution >= 4 is 39.8 Å². The van der Waals surface area contributed by atoms with Crippen molar-refractivity contribution in [3.63, 3.8) is 0 Å². The number of halogens is 1. The highest BCUT2D eigenvalue weighted by Gasteiger charge is 2.27. The molecule has 2 N–H and O–H groups in total. The summed E-state index contributed by atoms with van der Waals surface area (Å²) in [7, 11) is 0. The van der Waals surface area contributed by atoms with Gasteiger partial charge in [0.2, 0.25) is 0 Å². The van der Waals surface area contributed by atoms with E-state index < -0.39 is 23.6 Å². The summed E-state index contributed by atoms with van der Waals surface area (Å²) in [5, 5.41) is 5.65. The maximum Gasteiger partial charge on any atom is 0.341 e. The van der Waals surface area contributed by atoms with Gasteiger partial charge < -0.3 is 20.1 Å². The number of esters is 1. The normalized spacial score (nSPS) is 10.4. The van der Waals surface area contributed by atoms with Crippen molar-refractivity contribution in [3.05, 3.63) is 75.9 Å². The standard InChI is InChI=1S/C24H23FN2O5S/c1-4-31-24(30)20-15(3)21(22(29)26-18-8-6-5-7-14(18)2)33-23(20)27-19(28)13-32-17-11-9-16(25)10-12-17/h5-12H,4,13H2,1-3H3,(H,26,29)(H,27,28). The molecular formula is C24H23FN2O5S. The van der Waals surface area contributed by atoms with E-state index in [-0.39, 0.29) is 28.7 Å². The van der Waals surface area contributed by atoms with Gasteiger partial charge in [0.1, 0.15) is 16.6 Å². The third-order valence-corrected chi connectivity index (χ3v) is 5.87. The second-order valence-corrected chi connectivity index (χ2v) is 8.06. The molecule has 0 aliphatic carbocycles. The van der Waals surface area contributed by atoms with Gasteiger partial charge in [-0.15, -0.1) is 11.3 Å². The molecule has 172 valence electrons. The Kier molecular flexibility index (Phi) is 7.78. The smallest absolute Gasteiger partial charge is 0.341 e. The van der Waals surface area contributed by atoms with Crippen LogP contribution in [0, 0.1) is 19.7 Å². The molecular weight excluding hydrogens is 447 g/mol. The molecule has 0 radical (unpaired) electrons. The van der Waals surface area contributed by atoms with E-state index in [0.29, 0.717) is 17.0 Å². The molecule has 3 aromatic rings. The molecule has 0 bridgehead atoms. The maximum atomic E-state index is 13.0. The first-order chi connectivity index (χ1) is 15.8. The molecule has 0 atom stereocenters. The van der Waals surface area contributed by atoms with Crippen LogP contribution in [0.3, 0.4) is 0 Å². The summed E-state index contributed by atoms with van der Waals surface area (Å²) >= 11 is 0.976. The van der Waals surface area contributed by atoms with Crippen LogP contribution in [0.1, 0.15) is 38.1 Å². The third kappa shape index (κ3) is 5.95. The Bertz CT molecular complexity index is 1170. The van der Waals surface area contributed by atoms with Crippen LogP contribution in [0.25, 0.3) is 0 Å². The number of amides is 2. The van der Waals surface area contributed by atoms with Gasteiger partial charge in [-0.1, -0.05) is 18.2 Å². The van der Waals surface area contributed by atoms with Crippen LogP contribution < -0.4 is 15.4 Å². The summed E-state index contributed by atoms with van der Waals surface area (Å²) in [5.41, 5.74) is 2.05. The van der Waals surface area contributed by atoms with Crippen molar-refractivity contribution < 1.29 is 28.2 Å². The van der Waals surface area contributed by atoms with Crippen molar-refractivity contribution in [3.8, 4) is 5.75 Å². The molecule has 3 rings (SSSR count). The lowest BCUT2D eigenvalue weighted by atomic mass is 10.1. The van der Waals surface area contributed by atoms with Crippen LogP contribution in [0.5, 0.6) is 5.75 Å². The Hall–Kier alpha value is -3.72. The molecule has 0 unspecified atom stereocenters. The predicted molar refractivity (Wildman–Crippen MR) is 125 cm³/mol. The summed E-state index contributed by atoms with van der Waals surface area (Å²) in [6.07, 6.45) is 0. The second kappa shape index (κ2) is 10.7. The highest BCUT2D eigenvalue weighted by molar-refractivity contribution is 7.19. The zero-order valence-electron chi connectivity index (χ0n) is 18.4. The number of carbonyl (C=O) groups is 3. The van der Waals surface area contributed by atoms with E-state index in [1.54, 1.807) is 26.0 Å². The molecule has 0 spiro atoms. The Morgan fingerprint density at radius 3 is 2.36 bits per heavy atom. The largest absolute Gasteiger partial charge is 0.484 e. The van der Waals surface area contributed by atoms with Crippen molar-refractivity contribution in [2.45, 2.75) is 20.8 Å². The average molecular weight is 471 g/mol. The number of hydrogen-bond acceptors (Lipinski definition) is 6. The number of hydrogen-bond donors (Lipinski definition) is 2. The fourth-order valence-corrected chi connectivity index (χ4v) is 4.11. The zero-order valence-corrected chi connectivity index (χ0v) is 19.2. The molecule has 7 nitrogen and oxygen atoms in total. The van der Waals surface area contributed by atoms with E-state index >= 15 is 0 Å². The molecule has 33 heavy (non-hydrogen) atoms. The Labute approximate surface area is 194 Å². The molecule has 0 saturated heterocycles. The number of anilines is 2. The fourth-order valence-electron chi connectivity index (χ4n) is 3.00. The molecule has 0 aliphatic heterocycles. The van der Waals surface area contributed by atoms with Crippen LogP contribution >= 0.6 is 11.3 Å². The second-order valence-electron chi connectivity index (χ2n) is 7.04. The van der Waals surface area contributed by atoms with Crippen LogP contribution in [-0.2, 0) is 9.53 Å². The van der Waals surface area contributed by atoms with Crippen molar-refractivity contribution in [2.75, 3.05) is 23.8 Å². The lowest BCUT2D eigenvalue weighted by Gasteiger charge is -2.08. The quantitative estimate of drug-likeness (QED) is 0.455. The van der Waals surface area contributed by atoms with Crippen LogP contribution in [0.15, 0.2) is 48.5 Å². The Morgan fingerprint density at radius 1 is 1.00 bits per heavy atom. The zero-order chi connectivity index (χ0) is 24.0. The number of nitrogens with one attached hydrogen (secondary N) is 2. The van der Waals surface area contributed by atoms with E-state index in [4.69, 9.17) is 9.47 Å². The molecule has 0 aliphatic rings. The number of aryl methyl sites for hydroxylation is 1. The molecule has 0 saturated carbocycles. The van der Waals surface area contributed by atoms with Gasteiger partial charge in [-0.05, 0) is 62.2 Å². The first-order valence-electron chi connectivity index (χ1n) is 10.2. The molecule has 2 aromatic carbocycles. The number of rotatable bonds is 8. The topological polar surface area (TPSA) is 93.7 Å². The van der Waals surface area contributed by atoms with Gasteiger partial charge in [-0.25, -0.2) is 9.18 Å². The van der Waals surface area contributed by atoms with Gasteiger partial charge in [0, 0.05) is 5.69 Å². The predicted octanol–water partition coefficient (Wildman–Crippen LogP) is 4.95. The number of benzene rings is 2. The molecule has 1 heterocycles. The molecule has 1 aromatic heterocycles. The lowest BCUT2D eigenvalue weighted by Crippen LogP contribution is -2.21. The van der Waals surface area contributed by atoms with Gasteiger partial charge in [0.25, 0.3) is 11.8 Å². The molecule has 2 amide bonds. The van der Waals surface area contributed by atoms with Gasteiger partial charge in [0.05, 0.1) is 17.0 Å². The van der Waals surface area contributed by atoms with Crippen molar-refractivity contribution in [1.82, 2.24) is 0 Å². The minimum Gasteiger partial charge on any atom is -0.484 e. The van der Waals surface area contributed by atoms with E-state index in [2.05, 4.69) is 10.6 Å². The monoisotopic (exact) mass is 470 g/mol. The third-order valence-electron chi connectivity index (χ3n) is 4.66. The van der Waals surface area contributed by atoms with Gasteiger partial charge in [-0.2, -0.15) is 0 Å². The van der Waals surface area contributed by atoms with Gasteiger partial charge in [0.15, 0.2) is 6.61 Å². The minimum atomic E-state index is -0.643. The molecule has 0 fully saturated rings. The van der Waals surface area contributed by atoms with Gasteiger partial charge in [-0.3, -0.25) is 9.59 Å². The van der Waals surface area contributed by atoms with E-state index in [1.165, 1.54) is 24.3 Å². The van der Waals surface area contributed by atoms with Gasteiger partial charge >= 0.3 is 5.97 Å². The van der Waals surface area contributed by atoms with E-state index in [0.717, 1.165) is 16.9 Å². The Balaban J connectivity index is 1.81. The fraction of sp³-hybridized carbons (Fsp3) is 0.208. The summed E-state index contributed by atoms with van der Waals surface area (Å²) in [4.78, 5) is 38.2. The highest BCUT2D eigenvalue weighted by Crippen LogP contribution is 2.34. The lowest BCUT2D eigenvalue weighted by molar-refractivity contribution is -0.118. The molecule has 9 heteroatoms. The van der Waals surface area contributed by atoms with Crippen LogP contribution in [0.4, 0.5) is 15.1 Å². The summed E-state index contributed by atoms with van der Waals surface area (Å²) < 4.78 is 23.5. The minimum absolute atomic E-state index is 0.118. The SMILES string of the molecule is CCOC(=O)c1c(NC(=O)COc2ccc(F)cc2)sc(C(=O)Nc2ccccc2C)c1C. The van der Waals surface area contributed by atoms with Crippen LogP contribution in [0.2, 0.25) is 0 Å². The van der Waals surface area contributed by atoms with Crippen molar-refractivity contribution in [1.29, 1.82) is 0 Å². The number of thiophene rings is 1. The van der Waals surface area contributed by atoms with E-state index in [1.807, 2.05) is 19.1 Å². The first-order valence-corrected chi connectivity index (χ1v) is 11.0. The summed E-state index contributed by atoms with van der Waals surface area (Å²) in [6, 6.07) is 12.5. The summed E-state index contributed by atoms with van der Waals surface area (Å²) in [5.74, 6) is -1.69. The van der Waals surface area contributed by atoms with Crippen LogP contribution in [-0.4, -0.2) is 31.0 Å². The highest BCUT2D eigenvalue weighted by atomic mass is 32.1. The maximum absolute atomic E-state index is 13.0. The number of para-hydroxylation sites is 1. The first kappa shape index (κ1) is 23.9. The Morgan fingerprint density at radius 2 is 1.70 bits per heavy atom.